The second kappa shape index (κ2) is 22.3. The molecule has 0 heterocycles. The maximum Gasteiger partial charge on any atom is 0.317 e. The molecule has 8 nitrogen and oxygen atoms in total. The fourth-order valence-corrected chi connectivity index (χ4v) is 4.74. The summed E-state index contributed by atoms with van der Waals surface area (Å²) in [4.78, 5) is 25.6. The molecule has 0 spiro atoms. The fourth-order valence-electron chi connectivity index (χ4n) is 4.05. The van der Waals surface area contributed by atoms with Crippen molar-refractivity contribution in [1.29, 1.82) is 0 Å². The Morgan fingerprint density at radius 1 is 0.750 bits per heavy atom. The summed E-state index contributed by atoms with van der Waals surface area (Å²) >= 11 is 0. The molecule has 36 heavy (non-hydrogen) atoms. The molecule has 1 unspecified atom stereocenters. The van der Waals surface area contributed by atoms with Crippen molar-refractivity contribution < 1.29 is 27.8 Å². The van der Waals surface area contributed by atoms with Crippen LogP contribution >= 0.6 is 7.82 Å². The van der Waals surface area contributed by atoms with Gasteiger partial charge in [-0.25, -0.2) is 4.79 Å². The summed E-state index contributed by atoms with van der Waals surface area (Å²) in [7, 11) is 3.10. The van der Waals surface area contributed by atoms with E-state index < -0.39 is 7.82 Å². The van der Waals surface area contributed by atoms with Crippen molar-refractivity contribution in [1.82, 2.24) is 10.2 Å². The fraction of sp³-hybridized carbons (Fsp3) is 0.963. The third-order valence-corrected chi connectivity index (χ3v) is 7.40. The molecule has 2 amide bonds. The highest BCUT2D eigenvalue weighted by Crippen LogP contribution is 2.37. The second-order valence-electron chi connectivity index (χ2n) is 11.0. The molecular weight excluding hydrogens is 477 g/mol. The lowest BCUT2D eigenvalue weighted by atomic mass is 10.0. The molecule has 0 aliphatic heterocycles. The number of rotatable bonds is 25. The highest BCUT2D eigenvalue weighted by atomic mass is 31.2. The number of carbonyl (C=O) groups is 1. The Hall–Kier alpha value is -0.660. The predicted molar refractivity (Wildman–Crippen MR) is 148 cm³/mol. The number of quaternary nitrogens is 1. The highest BCUT2D eigenvalue weighted by Gasteiger charge is 2.16. The maximum absolute atomic E-state index is 12.1. The number of nitrogens with zero attached hydrogens (tertiary/aromatic N) is 2. The molecule has 0 aromatic heterocycles. The minimum atomic E-state index is -4.36. The van der Waals surface area contributed by atoms with Gasteiger partial charge in [0.05, 0.1) is 27.7 Å². The summed E-state index contributed by atoms with van der Waals surface area (Å²) in [5.41, 5.74) is 0. The number of hydrogen-bond acceptors (Lipinski definition) is 5. The molecule has 0 aliphatic rings. The van der Waals surface area contributed by atoms with Crippen molar-refractivity contribution in [2.75, 3.05) is 61.0 Å². The lowest BCUT2D eigenvalue weighted by molar-refractivity contribution is -0.870. The van der Waals surface area contributed by atoms with E-state index in [1.165, 1.54) is 89.9 Å². The van der Waals surface area contributed by atoms with Gasteiger partial charge in [0.15, 0.2) is 0 Å². The number of carbonyl (C=O) groups excluding carboxylic acids is 1. The number of hydrogen-bond donors (Lipinski definition) is 1. The van der Waals surface area contributed by atoms with Crippen LogP contribution in [0.2, 0.25) is 0 Å². The topological polar surface area (TPSA) is 90.9 Å². The first kappa shape index (κ1) is 35.3. The van der Waals surface area contributed by atoms with E-state index in [9.17, 15) is 14.3 Å². The Balaban J connectivity index is 3.78. The first-order valence-electron chi connectivity index (χ1n) is 14.5. The third kappa shape index (κ3) is 23.7. The van der Waals surface area contributed by atoms with Gasteiger partial charge in [-0.2, -0.15) is 0 Å². The Kier molecular flexibility index (Phi) is 21.9. The Morgan fingerprint density at radius 3 is 1.58 bits per heavy atom. The van der Waals surface area contributed by atoms with E-state index in [4.69, 9.17) is 9.05 Å². The monoisotopic (exact) mass is 535 g/mol. The molecule has 0 aliphatic carbocycles. The zero-order valence-corrected chi connectivity index (χ0v) is 25.1. The predicted octanol–water partition coefficient (Wildman–Crippen LogP) is 6.10. The summed E-state index contributed by atoms with van der Waals surface area (Å²) in [6, 6.07) is -0.216. The van der Waals surface area contributed by atoms with E-state index in [2.05, 4.69) is 12.2 Å². The second-order valence-corrected chi connectivity index (χ2v) is 12.4. The van der Waals surface area contributed by atoms with E-state index in [0.717, 1.165) is 12.8 Å². The molecule has 0 saturated carbocycles. The number of unbranched alkanes of at least 4 members (excludes halogenated alkanes) is 15. The zero-order chi connectivity index (χ0) is 27.1. The Bertz CT molecular complexity index is 572. The summed E-state index contributed by atoms with van der Waals surface area (Å²) < 4.78 is 22.4. The zero-order valence-electron chi connectivity index (χ0n) is 24.2. The highest BCUT2D eigenvalue weighted by molar-refractivity contribution is 7.45. The number of likely N-dealkylation sites (N-methyl/N-ethyl adjacent to an activating group) is 1. The molecule has 0 aromatic rings. The Morgan fingerprint density at radius 2 is 1.17 bits per heavy atom. The van der Waals surface area contributed by atoms with Crippen LogP contribution in [0.3, 0.4) is 0 Å². The van der Waals surface area contributed by atoms with Crippen molar-refractivity contribution in [3.8, 4) is 0 Å². The van der Waals surface area contributed by atoms with Gasteiger partial charge in [-0.1, -0.05) is 103 Å². The van der Waals surface area contributed by atoms with E-state index in [1.54, 1.807) is 11.9 Å². The van der Waals surface area contributed by atoms with Gasteiger partial charge in [-0.15, -0.1) is 0 Å². The van der Waals surface area contributed by atoms with Crippen LogP contribution in [0.25, 0.3) is 0 Å². The average Bonchev–Trinajstić information content (AvgIpc) is 2.81. The van der Waals surface area contributed by atoms with Crippen LogP contribution < -0.4 is 10.2 Å². The van der Waals surface area contributed by atoms with Gasteiger partial charge in [-0.05, 0) is 6.42 Å². The molecule has 216 valence electrons. The number of amides is 2. The minimum absolute atomic E-state index is 0.0721. The lowest BCUT2D eigenvalue weighted by Gasteiger charge is -2.28. The van der Waals surface area contributed by atoms with Crippen LogP contribution in [0.4, 0.5) is 4.79 Å². The first-order chi connectivity index (χ1) is 17.1. The molecule has 0 rings (SSSR count). The normalized spacial score (nSPS) is 13.5. The summed E-state index contributed by atoms with van der Waals surface area (Å²) in [5, 5.41) is 2.62. The summed E-state index contributed by atoms with van der Waals surface area (Å²) in [6.07, 6.45) is 20.9. The molecular formula is C27H58N3O5P. The van der Waals surface area contributed by atoms with Gasteiger partial charge in [0.2, 0.25) is 0 Å². The molecule has 0 bridgehead atoms. The number of phosphoric acid groups is 1. The standard InChI is InChI=1S/C27H58N3O5P/c1-6-7-8-9-10-11-12-13-14-15-16-17-18-19-20-21-22-29(27(31)28-2)23-25-34-36(32,33)35-26-24-30(3,4)5/h6-26H2,1-5H3,(H-,28,31,32,33). The number of phosphoric ester groups is 1. The smallest absolute Gasteiger partial charge is 0.317 e. The average molecular weight is 536 g/mol. The summed E-state index contributed by atoms with van der Waals surface area (Å²) in [5.74, 6) is 0. The summed E-state index contributed by atoms with van der Waals surface area (Å²) in [6.45, 7) is 3.60. The number of urea groups is 1. The van der Waals surface area contributed by atoms with Crippen LogP contribution in [0, 0.1) is 0 Å². The molecule has 0 radical (unpaired) electrons. The van der Waals surface area contributed by atoms with Crippen LogP contribution in [0.15, 0.2) is 0 Å². The van der Waals surface area contributed by atoms with Crippen LogP contribution in [0.1, 0.15) is 110 Å². The van der Waals surface area contributed by atoms with Crippen molar-refractivity contribution in [3.05, 3.63) is 0 Å². The van der Waals surface area contributed by atoms with E-state index in [0.29, 0.717) is 17.6 Å². The molecule has 0 saturated heterocycles. The van der Waals surface area contributed by atoms with E-state index in [-0.39, 0.29) is 25.8 Å². The molecule has 9 heteroatoms. The number of nitrogens with one attached hydrogen (secondary N) is 1. The van der Waals surface area contributed by atoms with Crippen molar-refractivity contribution in [2.24, 2.45) is 0 Å². The van der Waals surface area contributed by atoms with Gasteiger partial charge in [0.25, 0.3) is 7.82 Å². The van der Waals surface area contributed by atoms with Gasteiger partial charge in [0, 0.05) is 20.1 Å². The van der Waals surface area contributed by atoms with Crippen molar-refractivity contribution >= 4 is 13.9 Å². The van der Waals surface area contributed by atoms with E-state index >= 15 is 0 Å². The van der Waals surface area contributed by atoms with Crippen LogP contribution in [-0.4, -0.2) is 76.5 Å². The van der Waals surface area contributed by atoms with Gasteiger partial charge < -0.3 is 28.6 Å². The van der Waals surface area contributed by atoms with Gasteiger partial charge in [-0.3, -0.25) is 4.57 Å². The van der Waals surface area contributed by atoms with Gasteiger partial charge >= 0.3 is 6.03 Å². The van der Waals surface area contributed by atoms with Gasteiger partial charge in [0.1, 0.15) is 13.2 Å². The maximum atomic E-state index is 12.1. The van der Waals surface area contributed by atoms with E-state index in [1.807, 2.05) is 21.1 Å². The molecule has 1 atom stereocenters. The lowest BCUT2D eigenvalue weighted by Crippen LogP contribution is -2.40. The SMILES string of the molecule is CCCCCCCCCCCCCCCCCCN(CCOP(=O)([O-])OCC[N+](C)(C)C)C(=O)NC. The van der Waals surface area contributed by atoms with Crippen LogP contribution in [-0.2, 0) is 13.6 Å². The third-order valence-electron chi connectivity index (χ3n) is 6.40. The van der Waals surface area contributed by atoms with Crippen molar-refractivity contribution in [2.45, 2.75) is 110 Å². The molecule has 1 N–H and O–H groups in total. The first-order valence-corrected chi connectivity index (χ1v) is 15.9. The van der Waals surface area contributed by atoms with Crippen LogP contribution in [0.5, 0.6) is 0 Å². The minimum Gasteiger partial charge on any atom is -0.756 e. The van der Waals surface area contributed by atoms with Crippen molar-refractivity contribution in [3.63, 3.8) is 0 Å². The Labute approximate surface area is 222 Å². The quantitative estimate of drug-likeness (QED) is 0.0867. The largest absolute Gasteiger partial charge is 0.756 e. The molecule has 0 fully saturated rings. The molecule has 0 aromatic carbocycles.